The molecule has 2 N–H and O–H groups in total. The maximum atomic E-state index is 4.57. The normalized spacial score (nSPS) is 22.7. The zero-order chi connectivity index (χ0) is 10.1. The van der Waals surface area contributed by atoms with E-state index in [1.54, 1.807) is 5.56 Å². The molecule has 0 bridgehead atoms. The van der Waals surface area contributed by atoms with Crippen LogP contribution in [0.1, 0.15) is 48.6 Å². The Bertz CT molecular complexity index is 337. The summed E-state index contributed by atoms with van der Waals surface area (Å²) >= 11 is 0. The Labute approximate surface area is 90.7 Å². The smallest absolute Gasteiger partial charge is 0.0688 e. The van der Waals surface area contributed by atoms with E-state index in [1.165, 1.54) is 49.9 Å². The zero-order valence-corrected chi connectivity index (χ0v) is 9.18. The standard InChI is InChI=1S/C12H19N3/c1-2-4-11-10(3-1)12(15-14-11)9-5-7-13-8-6-9/h9,13H,1-8H2,(H,14,15). The van der Waals surface area contributed by atoms with Crippen molar-refractivity contribution in [1.82, 2.24) is 15.5 Å². The van der Waals surface area contributed by atoms with Gasteiger partial charge in [-0.15, -0.1) is 0 Å². The van der Waals surface area contributed by atoms with Crippen LogP contribution in [0.5, 0.6) is 0 Å². The predicted molar refractivity (Wildman–Crippen MR) is 60.1 cm³/mol. The Kier molecular flexibility index (Phi) is 2.49. The lowest BCUT2D eigenvalue weighted by molar-refractivity contribution is 0.450. The second-order valence-electron chi connectivity index (χ2n) is 4.80. The van der Waals surface area contributed by atoms with Crippen molar-refractivity contribution in [3.8, 4) is 0 Å². The molecule has 0 spiro atoms. The van der Waals surface area contributed by atoms with E-state index in [0.29, 0.717) is 5.92 Å². The summed E-state index contributed by atoms with van der Waals surface area (Å²) in [6, 6.07) is 0. The van der Waals surface area contributed by atoms with Gasteiger partial charge in [-0.05, 0) is 57.2 Å². The summed E-state index contributed by atoms with van der Waals surface area (Å²) in [6.07, 6.45) is 7.68. The molecule has 0 atom stereocenters. The van der Waals surface area contributed by atoms with Crippen LogP contribution in [0.2, 0.25) is 0 Å². The molecule has 3 nitrogen and oxygen atoms in total. The highest BCUT2D eigenvalue weighted by Gasteiger charge is 2.24. The van der Waals surface area contributed by atoms with Crippen molar-refractivity contribution >= 4 is 0 Å². The summed E-state index contributed by atoms with van der Waals surface area (Å²) in [5.74, 6) is 0.712. The van der Waals surface area contributed by atoms with Gasteiger partial charge in [0, 0.05) is 11.6 Å². The van der Waals surface area contributed by atoms with Gasteiger partial charge in [-0.2, -0.15) is 5.10 Å². The highest BCUT2D eigenvalue weighted by molar-refractivity contribution is 5.30. The number of hydrogen-bond acceptors (Lipinski definition) is 2. The van der Waals surface area contributed by atoms with E-state index in [0.717, 1.165) is 13.1 Å². The van der Waals surface area contributed by atoms with Crippen molar-refractivity contribution in [2.24, 2.45) is 0 Å². The molecule has 15 heavy (non-hydrogen) atoms. The minimum atomic E-state index is 0.712. The van der Waals surface area contributed by atoms with Crippen molar-refractivity contribution in [3.05, 3.63) is 17.0 Å². The summed E-state index contributed by atoms with van der Waals surface area (Å²) in [5.41, 5.74) is 4.38. The maximum absolute atomic E-state index is 4.57. The summed E-state index contributed by atoms with van der Waals surface area (Å²) in [5, 5.41) is 11.2. The maximum Gasteiger partial charge on any atom is 0.0688 e. The van der Waals surface area contributed by atoms with Gasteiger partial charge in [0.25, 0.3) is 0 Å². The van der Waals surface area contributed by atoms with Gasteiger partial charge in [0.15, 0.2) is 0 Å². The number of aryl methyl sites for hydroxylation is 1. The number of hydrogen-bond donors (Lipinski definition) is 2. The number of H-pyrrole nitrogens is 1. The van der Waals surface area contributed by atoms with E-state index in [1.807, 2.05) is 0 Å². The molecular formula is C12H19N3. The Morgan fingerprint density at radius 2 is 1.87 bits per heavy atom. The van der Waals surface area contributed by atoms with E-state index in [2.05, 4.69) is 15.5 Å². The molecule has 0 amide bonds. The SMILES string of the molecule is C1CCc2c(C3CCNCC3)n[nH]c2C1. The minimum absolute atomic E-state index is 0.712. The molecule has 0 unspecified atom stereocenters. The van der Waals surface area contributed by atoms with Crippen LogP contribution >= 0.6 is 0 Å². The van der Waals surface area contributed by atoms with Crippen LogP contribution in [-0.4, -0.2) is 23.3 Å². The van der Waals surface area contributed by atoms with Gasteiger partial charge < -0.3 is 5.32 Å². The Hall–Kier alpha value is -0.830. The molecule has 1 aromatic heterocycles. The van der Waals surface area contributed by atoms with E-state index in [-0.39, 0.29) is 0 Å². The lowest BCUT2D eigenvalue weighted by Crippen LogP contribution is -2.27. The average molecular weight is 205 g/mol. The van der Waals surface area contributed by atoms with Gasteiger partial charge >= 0.3 is 0 Å². The third kappa shape index (κ3) is 1.69. The Balaban J connectivity index is 1.87. The third-order valence-electron chi connectivity index (χ3n) is 3.81. The van der Waals surface area contributed by atoms with Crippen LogP contribution in [-0.2, 0) is 12.8 Å². The predicted octanol–water partition coefficient (Wildman–Crippen LogP) is 1.76. The largest absolute Gasteiger partial charge is 0.317 e. The zero-order valence-electron chi connectivity index (χ0n) is 9.18. The number of nitrogens with one attached hydrogen (secondary N) is 2. The fourth-order valence-electron chi connectivity index (χ4n) is 2.94. The van der Waals surface area contributed by atoms with E-state index < -0.39 is 0 Å². The first-order valence-electron chi connectivity index (χ1n) is 6.22. The van der Waals surface area contributed by atoms with Crippen LogP contribution < -0.4 is 5.32 Å². The highest BCUT2D eigenvalue weighted by atomic mass is 15.1. The van der Waals surface area contributed by atoms with Gasteiger partial charge in [0.2, 0.25) is 0 Å². The van der Waals surface area contributed by atoms with Gasteiger partial charge in [-0.1, -0.05) is 0 Å². The van der Waals surface area contributed by atoms with Gasteiger partial charge in [0.1, 0.15) is 0 Å². The Morgan fingerprint density at radius 1 is 1.07 bits per heavy atom. The summed E-state index contributed by atoms with van der Waals surface area (Å²) in [7, 11) is 0. The van der Waals surface area contributed by atoms with E-state index in [4.69, 9.17) is 0 Å². The molecule has 2 heterocycles. The number of fused-ring (bicyclic) bond motifs is 1. The first-order valence-corrected chi connectivity index (χ1v) is 6.22. The van der Waals surface area contributed by atoms with Crippen LogP contribution in [0, 0.1) is 0 Å². The Morgan fingerprint density at radius 3 is 2.73 bits per heavy atom. The summed E-state index contributed by atoms with van der Waals surface area (Å²) in [4.78, 5) is 0. The quantitative estimate of drug-likeness (QED) is 0.733. The molecule has 0 radical (unpaired) electrons. The molecule has 2 aliphatic rings. The number of aromatic nitrogens is 2. The van der Waals surface area contributed by atoms with Gasteiger partial charge in [-0.25, -0.2) is 0 Å². The molecule has 1 saturated heterocycles. The van der Waals surface area contributed by atoms with Crippen LogP contribution in [0.15, 0.2) is 0 Å². The van der Waals surface area contributed by atoms with Gasteiger partial charge in [0.05, 0.1) is 5.69 Å². The van der Waals surface area contributed by atoms with E-state index >= 15 is 0 Å². The summed E-state index contributed by atoms with van der Waals surface area (Å²) < 4.78 is 0. The minimum Gasteiger partial charge on any atom is -0.317 e. The number of piperidine rings is 1. The van der Waals surface area contributed by atoms with Crippen molar-refractivity contribution in [1.29, 1.82) is 0 Å². The lowest BCUT2D eigenvalue weighted by atomic mass is 9.87. The van der Waals surface area contributed by atoms with Crippen molar-refractivity contribution in [2.75, 3.05) is 13.1 Å². The molecular weight excluding hydrogens is 186 g/mol. The lowest BCUT2D eigenvalue weighted by Gasteiger charge is -2.23. The van der Waals surface area contributed by atoms with Crippen molar-refractivity contribution in [3.63, 3.8) is 0 Å². The first-order chi connectivity index (χ1) is 7.45. The van der Waals surface area contributed by atoms with Crippen molar-refractivity contribution in [2.45, 2.75) is 44.4 Å². The van der Waals surface area contributed by atoms with Crippen LogP contribution in [0.4, 0.5) is 0 Å². The molecule has 3 heteroatoms. The first kappa shape index (κ1) is 9.40. The highest BCUT2D eigenvalue weighted by Crippen LogP contribution is 2.31. The van der Waals surface area contributed by atoms with E-state index in [9.17, 15) is 0 Å². The molecule has 1 fully saturated rings. The number of nitrogens with zero attached hydrogens (tertiary/aromatic N) is 1. The molecule has 1 aliphatic carbocycles. The molecule has 3 rings (SSSR count). The number of aromatic amines is 1. The number of rotatable bonds is 1. The van der Waals surface area contributed by atoms with Crippen LogP contribution in [0.25, 0.3) is 0 Å². The van der Waals surface area contributed by atoms with Crippen molar-refractivity contribution < 1.29 is 0 Å². The summed E-state index contributed by atoms with van der Waals surface area (Å²) in [6.45, 7) is 2.32. The molecule has 0 saturated carbocycles. The molecule has 1 aromatic rings. The van der Waals surface area contributed by atoms with Gasteiger partial charge in [-0.3, -0.25) is 5.10 Å². The second kappa shape index (κ2) is 3.97. The topological polar surface area (TPSA) is 40.7 Å². The monoisotopic (exact) mass is 205 g/mol. The molecule has 82 valence electrons. The molecule has 0 aromatic carbocycles. The fraction of sp³-hybridized carbons (Fsp3) is 0.750. The molecule has 1 aliphatic heterocycles. The third-order valence-corrected chi connectivity index (χ3v) is 3.81. The fourth-order valence-corrected chi connectivity index (χ4v) is 2.94. The average Bonchev–Trinajstić information content (AvgIpc) is 2.74. The second-order valence-corrected chi connectivity index (χ2v) is 4.80. The van der Waals surface area contributed by atoms with Crippen LogP contribution in [0.3, 0.4) is 0 Å².